The summed E-state index contributed by atoms with van der Waals surface area (Å²) < 4.78 is 26.8. The lowest BCUT2D eigenvalue weighted by atomic mass is 10.2. The van der Waals surface area contributed by atoms with Gasteiger partial charge < -0.3 is 10.4 Å². The zero-order chi connectivity index (χ0) is 16.0. The second-order valence-corrected chi connectivity index (χ2v) is 4.47. The van der Waals surface area contributed by atoms with Gasteiger partial charge in [0, 0.05) is 0 Å². The van der Waals surface area contributed by atoms with Crippen molar-refractivity contribution >= 4 is 17.6 Å². The van der Waals surface area contributed by atoms with Crippen LogP contribution < -0.4 is 5.32 Å². The van der Waals surface area contributed by atoms with Crippen LogP contribution in [0.5, 0.6) is 0 Å². The number of hydrogen-bond donors (Lipinski definition) is 2. The Labute approximate surface area is 121 Å². The van der Waals surface area contributed by atoms with Gasteiger partial charge in [-0.3, -0.25) is 14.5 Å². The SMILES string of the molecule is CC[C@H](C(=O)O)N(CC)CC(=O)Nc1c(F)cccc1F. The number of halogens is 2. The van der Waals surface area contributed by atoms with E-state index in [0.29, 0.717) is 13.0 Å². The van der Waals surface area contributed by atoms with E-state index in [1.165, 1.54) is 11.0 Å². The lowest BCUT2D eigenvalue weighted by Crippen LogP contribution is -2.44. The Morgan fingerprint density at radius 1 is 1.29 bits per heavy atom. The molecule has 2 N–H and O–H groups in total. The van der Waals surface area contributed by atoms with Gasteiger partial charge in [-0.2, -0.15) is 0 Å². The van der Waals surface area contributed by atoms with Gasteiger partial charge >= 0.3 is 5.97 Å². The van der Waals surface area contributed by atoms with Gasteiger partial charge in [-0.25, -0.2) is 8.78 Å². The molecule has 1 atom stereocenters. The van der Waals surface area contributed by atoms with E-state index in [2.05, 4.69) is 5.32 Å². The van der Waals surface area contributed by atoms with Crippen molar-refractivity contribution in [2.24, 2.45) is 0 Å². The molecule has 5 nitrogen and oxygen atoms in total. The van der Waals surface area contributed by atoms with Crippen LogP contribution in [-0.2, 0) is 9.59 Å². The minimum atomic E-state index is -1.04. The molecule has 0 aromatic heterocycles. The number of likely N-dealkylation sites (N-methyl/N-ethyl adjacent to an activating group) is 1. The fourth-order valence-electron chi connectivity index (χ4n) is 2.01. The number of carbonyl (C=O) groups excluding carboxylic acids is 1. The highest BCUT2D eigenvalue weighted by Crippen LogP contribution is 2.18. The number of carboxylic acid groups (broad SMARTS) is 1. The Morgan fingerprint density at radius 2 is 1.86 bits per heavy atom. The molecule has 0 heterocycles. The first-order valence-electron chi connectivity index (χ1n) is 6.61. The maximum Gasteiger partial charge on any atom is 0.320 e. The number of para-hydroxylation sites is 1. The molecule has 0 bridgehead atoms. The van der Waals surface area contributed by atoms with Crippen LogP contribution in [0.4, 0.5) is 14.5 Å². The van der Waals surface area contributed by atoms with Crippen molar-refractivity contribution in [3.05, 3.63) is 29.8 Å². The van der Waals surface area contributed by atoms with Crippen molar-refractivity contribution in [1.82, 2.24) is 4.90 Å². The lowest BCUT2D eigenvalue weighted by molar-refractivity contribution is -0.143. The number of hydrogen-bond acceptors (Lipinski definition) is 3. The molecule has 1 amide bonds. The van der Waals surface area contributed by atoms with E-state index >= 15 is 0 Å². The molecule has 0 aliphatic rings. The first kappa shape index (κ1) is 17.0. The molecule has 0 saturated heterocycles. The number of amides is 1. The van der Waals surface area contributed by atoms with E-state index in [-0.39, 0.29) is 6.54 Å². The van der Waals surface area contributed by atoms with Crippen molar-refractivity contribution in [2.45, 2.75) is 26.3 Å². The number of anilines is 1. The van der Waals surface area contributed by atoms with Crippen LogP contribution in [-0.4, -0.2) is 41.0 Å². The summed E-state index contributed by atoms with van der Waals surface area (Å²) >= 11 is 0. The van der Waals surface area contributed by atoms with Crippen LogP contribution in [0.15, 0.2) is 18.2 Å². The fraction of sp³-hybridized carbons (Fsp3) is 0.429. The fourth-order valence-corrected chi connectivity index (χ4v) is 2.01. The van der Waals surface area contributed by atoms with Crippen molar-refractivity contribution in [2.75, 3.05) is 18.4 Å². The van der Waals surface area contributed by atoms with Crippen LogP contribution in [0.1, 0.15) is 20.3 Å². The zero-order valence-corrected chi connectivity index (χ0v) is 11.9. The molecule has 0 saturated carbocycles. The normalized spacial score (nSPS) is 12.2. The number of nitrogens with one attached hydrogen (secondary N) is 1. The average Bonchev–Trinajstić information content (AvgIpc) is 2.42. The number of carboxylic acids is 1. The highest BCUT2D eigenvalue weighted by Gasteiger charge is 2.24. The highest BCUT2D eigenvalue weighted by atomic mass is 19.1. The number of aliphatic carboxylic acids is 1. The Hall–Kier alpha value is -2.02. The molecule has 1 rings (SSSR count). The van der Waals surface area contributed by atoms with Crippen LogP contribution in [0.3, 0.4) is 0 Å². The maximum atomic E-state index is 13.4. The predicted molar refractivity (Wildman–Crippen MR) is 73.9 cm³/mol. The van der Waals surface area contributed by atoms with E-state index in [0.717, 1.165) is 12.1 Å². The second kappa shape index (κ2) is 7.68. The molecule has 0 radical (unpaired) electrons. The number of benzene rings is 1. The van der Waals surface area contributed by atoms with E-state index in [4.69, 9.17) is 5.11 Å². The van der Waals surface area contributed by atoms with Crippen molar-refractivity contribution in [1.29, 1.82) is 0 Å². The van der Waals surface area contributed by atoms with E-state index < -0.39 is 35.2 Å². The van der Waals surface area contributed by atoms with Gasteiger partial charge in [-0.1, -0.05) is 19.9 Å². The number of carbonyl (C=O) groups is 2. The molecule has 0 aliphatic heterocycles. The summed E-state index contributed by atoms with van der Waals surface area (Å²) in [5.41, 5.74) is -0.526. The minimum Gasteiger partial charge on any atom is -0.480 e. The van der Waals surface area contributed by atoms with Crippen molar-refractivity contribution in [3.63, 3.8) is 0 Å². The molecule has 0 unspecified atom stereocenters. The third-order valence-electron chi connectivity index (χ3n) is 3.09. The quantitative estimate of drug-likeness (QED) is 0.809. The summed E-state index contributed by atoms with van der Waals surface area (Å²) in [5.74, 6) is -3.46. The van der Waals surface area contributed by atoms with E-state index in [1.54, 1.807) is 13.8 Å². The largest absolute Gasteiger partial charge is 0.480 e. The monoisotopic (exact) mass is 300 g/mol. The van der Waals surface area contributed by atoms with Gasteiger partial charge in [0.1, 0.15) is 23.4 Å². The predicted octanol–water partition coefficient (Wildman–Crippen LogP) is 2.09. The molecule has 7 heteroatoms. The van der Waals surface area contributed by atoms with Gasteiger partial charge in [0.2, 0.25) is 5.91 Å². The molecule has 116 valence electrons. The van der Waals surface area contributed by atoms with Gasteiger partial charge in [-0.15, -0.1) is 0 Å². The Balaban J connectivity index is 2.78. The first-order valence-corrected chi connectivity index (χ1v) is 6.61. The Kier molecular flexibility index (Phi) is 6.23. The summed E-state index contributed by atoms with van der Waals surface area (Å²) in [7, 11) is 0. The lowest BCUT2D eigenvalue weighted by Gasteiger charge is -2.25. The molecule has 0 aliphatic carbocycles. The molecular weight excluding hydrogens is 282 g/mol. The van der Waals surface area contributed by atoms with Gasteiger partial charge in [0.05, 0.1) is 6.54 Å². The molecule has 1 aromatic rings. The summed E-state index contributed by atoms with van der Waals surface area (Å²) in [6.07, 6.45) is 0.324. The third kappa shape index (κ3) is 4.49. The first-order chi connectivity index (χ1) is 9.90. The standard InChI is InChI=1S/C14H18F2N2O3/c1-3-11(14(20)21)18(4-2)8-12(19)17-13-9(15)6-5-7-10(13)16/h5-7,11H,3-4,8H2,1-2H3,(H,17,19)(H,20,21)/t11-/m1/s1. The van der Waals surface area contributed by atoms with Gasteiger partial charge in [0.25, 0.3) is 0 Å². The molecule has 21 heavy (non-hydrogen) atoms. The third-order valence-corrected chi connectivity index (χ3v) is 3.09. The van der Waals surface area contributed by atoms with Gasteiger partial charge in [0.15, 0.2) is 0 Å². The Bertz CT molecular complexity index is 503. The van der Waals surface area contributed by atoms with E-state index in [9.17, 15) is 18.4 Å². The van der Waals surface area contributed by atoms with Crippen molar-refractivity contribution < 1.29 is 23.5 Å². The summed E-state index contributed by atoms with van der Waals surface area (Å²) in [6.45, 7) is 3.48. The number of rotatable bonds is 7. The second-order valence-electron chi connectivity index (χ2n) is 4.47. The molecular formula is C14H18F2N2O3. The maximum absolute atomic E-state index is 13.4. The minimum absolute atomic E-state index is 0.255. The average molecular weight is 300 g/mol. The van der Waals surface area contributed by atoms with E-state index in [1.807, 2.05) is 0 Å². The summed E-state index contributed by atoms with van der Waals surface area (Å²) in [4.78, 5) is 24.4. The van der Waals surface area contributed by atoms with Crippen molar-refractivity contribution in [3.8, 4) is 0 Å². The summed E-state index contributed by atoms with van der Waals surface area (Å²) in [5, 5.41) is 11.2. The number of nitrogens with zero attached hydrogens (tertiary/aromatic N) is 1. The van der Waals surface area contributed by atoms with Crippen LogP contribution in [0.2, 0.25) is 0 Å². The van der Waals surface area contributed by atoms with Crippen LogP contribution in [0.25, 0.3) is 0 Å². The molecule has 0 fully saturated rings. The Morgan fingerprint density at radius 3 is 2.29 bits per heavy atom. The highest BCUT2D eigenvalue weighted by molar-refractivity contribution is 5.92. The van der Waals surface area contributed by atoms with Crippen LogP contribution >= 0.6 is 0 Å². The summed E-state index contributed by atoms with van der Waals surface area (Å²) in [6, 6.07) is 2.44. The van der Waals surface area contributed by atoms with Crippen LogP contribution in [0, 0.1) is 11.6 Å². The zero-order valence-electron chi connectivity index (χ0n) is 11.9. The smallest absolute Gasteiger partial charge is 0.320 e. The van der Waals surface area contributed by atoms with Gasteiger partial charge in [-0.05, 0) is 25.1 Å². The molecule has 0 spiro atoms. The topological polar surface area (TPSA) is 69.6 Å². The molecule has 1 aromatic carbocycles.